The van der Waals surface area contributed by atoms with Crippen LogP contribution in [-0.2, 0) is 14.3 Å². The van der Waals surface area contributed by atoms with Gasteiger partial charge in [0.2, 0.25) is 5.91 Å². The molecule has 3 N–H and O–H groups in total. The fourth-order valence-corrected chi connectivity index (χ4v) is 4.41. The zero-order valence-electron chi connectivity index (χ0n) is 17.8. The molecule has 2 aromatic rings. The van der Waals surface area contributed by atoms with Crippen molar-refractivity contribution in [3.63, 3.8) is 0 Å². The topological polar surface area (TPSA) is 105 Å². The molecule has 0 bridgehead atoms. The average molecular weight is 434 g/mol. The quantitative estimate of drug-likeness (QED) is 0.579. The van der Waals surface area contributed by atoms with Crippen LogP contribution < -0.4 is 10.6 Å². The van der Waals surface area contributed by atoms with E-state index in [4.69, 9.17) is 9.84 Å². The molecule has 0 spiro atoms. The van der Waals surface area contributed by atoms with Crippen molar-refractivity contribution >= 4 is 18.0 Å². The average Bonchev–Trinajstić information content (AvgIpc) is 3.39. The second kappa shape index (κ2) is 9.26. The predicted octanol–water partition coefficient (Wildman–Crippen LogP) is 3.45. The van der Waals surface area contributed by atoms with Gasteiger partial charge in [-0.1, -0.05) is 67.6 Å². The second-order valence-electron chi connectivity index (χ2n) is 8.11. The first-order valence-corrected chi connectivity index (χ1v) is 10.8. The third-order valence-corrected chi connectivity index (χ3v) is 6.09. The number of carboxylic acid groups (broad SMARTS) is 1. The van der Waals surface area contributed by atoms with Gasteiger partial charge in [-0.15, -0.1) is 0 Å². The Kier molecular flexibility index (Phi) is 6.25. The zero-order valence-corrected chi connectivity index (χ0v) is 17.8. The molecule has 0 radical (unpaired) electrons. The lowest BCUT2D eigenvalue weighted by Crippen LogP contribution is -2.49. The number of aliphatic carboxylic acids is 1. The van der Waals surface area contributed by atoms with Crippen molar-refractivity contribution in [2.24, 2.45) is 5.92 Å². The Bertz CT molecular complexity index is 1020. The maximum Gasteiger partial charge on any atom is 0.407 e. The predicted molar refractivity (Wildman–Crippen MR) is 119 cm³/mol. The molecule has 2 aromatic carbocycles. The van der Waals surface area contributed by atoms with E-state index in [-0.39, 0.29) is 24.5 Å². The number of rotatable bonds is 7. The van der Waals surface area contributed by atoms with Crippen LogP contribution in [0, 0.1) is 5.92 Å². The van der Waals surface area contributed by atoms with Crippen LogP contribution in [0.2, 0.25) is 0 Å². The van der Waals surface area contributed by atoms with E-state index in [1.807, 2.05) is 36.4 Å². The van der Waals surface area contributed by atoms with Gasteiger partial charge in [0.1, 0.15) is 12.6 Å². The number of carbonyl (C=O) groups excluding carboxylic acids is 2. The molecule has 4 rings (SSSR count). The molecule has 3 atom stereocenters. The first-order valence-electron chi connectivity index (χ1n) is 10.8. The number of fused-ring (bicyclic) bond motifs is 3. The number of nitrogens with one attached hydrogen (secondary N) is 2. The van der Waals surface area contributed by atoms with E-state index in [1.54, 1.807) is 19.1 Å². The third kappa shape index (κ3) is 4.37. The molecule has 0 aromatic heterocycles. The van der Waals surface area contributed by atoms with Crippen LogP contribution in [0.4, 0.5) is 4.79 Å². The number of alkyl carbamates (subject to hydrolysis) is 1. The van der Waals surface area contributed by atoms with Gasteiger partial charge in [0.25, 0.3) is 0 Å². The standard InChI is InChI=1S/C25H26N2O5/c1-2-22(23(28)26-16-12-11-15(13-16)24(29)30)27-25(31)32-14-21-19-9-5-3-7-17(19)18-8-4-6-10-20(18)21/h3-12,15-16,21-22H,2,13-14H2,1H3,(H,26,28)(H,27,31)(H,29,30). The van der Waals surface area contributed by atoms with Crippen LogP contribution in [0.25, 0.3) is 11.1 Å². The number of carboxylic acids is 1. The second-order valence-corrected chi connectivity index (χ2v) is 8.11. The van der Waals surface area contributed by atoms with E-state index in [9.17, 15) is 14.4 Å². The summed E-state index contributed by atoms with van der Waals surface area (Å²) in [5.41, 5.74) is 4.53. The minimum Gasteiger partial charge on any atom is -0.481 e. The highest BCUT2D eigenvalue weighted by atomic mass is 16.5. The third-order valence-electron chi connectivity index (χ3n) is 6.09. The lowest BCUT2D eigenvalue weighted by Gasteiger charge is -2.20. The van der Waals surface area contributed by atoms with Gasteiger partial charge < -0.3 is 20.5 Å². The number of hydrogen-bond acceptors (Lipinski definition) is 4. The van der Waals surface area contributed by atoms with Crippen molar-refractivity contribution in [2.45, 2.75) is 37.8 Å². The molecule has 0 aliphatic heterocycles. The Morgan fingerprint density at radius 1 is 1.03 bits per heavy atom. The minimum atomic E-state index is -0.915. The summed E-state index contributed by atoms with van der Waals surface area (Å²) in [4.78, 5) is 36.1. The lowest BCUT2D eigenvalue weighted by molar-refractivity contribution is -0.140. The van der Waals surface area contributed by atoms with Crippen molar-refractivity contribution in [1.29, 1.82) is 0 Å². The minimum absolute atomic E-state index is 0.0568. The van der Waals surface area contributed by atoms with Gasteiger partial charge in [0.05, 0.1) is 5.92 Å². The van der Waals surface area contributed by atoms with Crippen molar-refractivity contribution < 1.29 is 24.2 Å². The number of benzene rings is 2. The van der Waals surface area contributed by atoms with Gasteiger partial charge in [0, 0.05) is 12.0 Å². The summed E-state index contributed by atoms with van der Waals surface area (Å²) >= 11 is 0. The van der Waals surface area contributed by atoms with Crippen molar-refractivity contribution in [1.82, 2.24) is 10.6 Å². The van der Waals surface area contributed by atoms with Crippen LogP contribution >= 0.6 is 0 Å². The van der Waals surface area contributed by atoms with E-state index in [2.05, 4.69) is 22.8 Å². The summed E-state index contributed by atoms with van der Waals surface area (Å²) in [5, 5.41) is 14.5. The maximum atomic E-state index is 12.6. The fraction of sp³-hybridized carbons (Fsp3) is 0.320. The molecule has 3 unspecified atom stereocenters. The summed E-state index contributed by atoms with van der Waals surface area (Å²) in [5.74, 6) is -1.93. The Morgan fingerprint density at radius 2 is 1.66 bits per heavy atom. The highest BCUT2D eigenvalue weighted by molar-refractivity contribution is 5.86. The van der Waals surface area contributed by atoms with E-state index < -0.39 is 24.0 Å². The van der Waals surface area contributed by atoms with Crippen LogP contribution in [-0.4, -0.2) is 41.8 Å². The molecule has 0 fully saturated rings. The van der Waals surface area contributed by atoms with Crippen LogP contribution in [0.1, 0.15) is 36.8 Å². The number of hydrogen-bond donors (Lipinski definition) is 3. The number of carbonyl (C=O) groups is 3. The molecule has 0 heterocycles. The zero-order chi connectivity index (χ0) is 22.7. The largest absolute Gasteiger partial charge is 0.481 e. The molecule has 0 saturated carbocycles. The van der Waals surface area contributed by atoms with Crippen LogP contribution in [0.3, 0.4) is 0 Å². The summed E-state index contributed by atoms with van der Waals surface area (Å²) in [6.45, 7) is 1.96. The highest BCUT2D eigenvalue weighted by Gasteiger charge is 2.30. The summed E-state index contributed by atoms with van der Waals surface area (Å²) in [6.07, 6.45) is 3.29. The molecule has 166 valence electrons. The van der Waals surface area contributed by atoms with Gasteiger partial charge in [-0.3, -0.25) is 9.59 Å². The molecule has 2 aliphatic rings. The maximum absolute atomic E-state index is 12.6. The molecule has 2 amide bonds. The summed E-state index contributed by atoms with van der Waals surface area (Å²) < 4.78 is 5.52. The smallest absolute Gasteiger partial charge is 0.407 e. The van der Waals surface area contributed by atoms with Gasteiger partial charge in [-0.05, 0) is 35.1 Å². The number of ether oxygens (including phenoxy) is 1. The van der Waals surface area contributed by atoms with E-state index in [0.717, 1.165) is 22.3 Å². The first-order chi connectivity index (χ1) is 15.5. The van der Waals surface area contributed by atoms with Gasteiger partial charge in [-0.2, -0.15) is 0 Å². The molecule has 0 saturated heterocycles. The van der Waals surface area contributed by atoms with Gasteiger partial charge in [-0.25, -0.2) is 4.79 Å². The van der Waals surface area contributed by atoms with Gasteiger partial charge in [0.15, 0.2) is 0 Å². The molecule has 7 heteroatoms. The van der Waals surface area contributed by atoms with Crippen LogP contribution in [0.5, 0.6) is 0 Å². The Labute approximate surface area is 186 Å². The summed E-state index contributed by atoms with van der Waals surface area (Å²) in [6, 6.07) is 15.0. The Hall–Kier alpha value is -3.61. The van der Waals surface area contributed by atoms with Crippen molar-refractivity contribution in [3.8, 4) is 11.1 Å². The highest BCUT2D eigenvalue weighted by Crippen LogP contribution is 2.44. The van der Waals surface area contributed by atoms with Crippen LogP contribution in [0.15, 0.2) is 60.7 Å². The monoisotopic (exact) mass is 434 g/mol. The fourth-order valence-electron chi connectivity index (χ4n) is 4.41. The lowest BCUT2D eigenvalue weighted by atomic mass is 9.98. The van der Waals surface area contributed by atoms with Crippen molar-refractivity contribution in [3.05, 3.63) is 71.8 Å². The van der Waals surface area contributed by atoms with E-state index in [0.29, 0.717) is 12.8 Å². The Balaban J connectivity index is 1.34. The molecule has 7 nitrogen and oxygen atoms in total. The van der Waals surface area contributed by atoms with E-state index in [1.165, 1.54) is 0 Å². The molecule has 32 heavy (non-hydrogen) atoms. The summed E-state index contributed by atoms with van der Waals surface area (Å²) in [7, 11) is 0. The normalized spacial score (nSPS) is 19.7. The van der Waals surface area contributed by atoms with E-state index >= 15 is 0 Å². The first kappa shape index (κ1) is 21.6. The Morgan fingerprint density at radius 3 is 2.22 bits per heavy atom. The molecular formula is C25H26N2O5. The van der Waals surface area contributed by atoms with Crippen molar-refractivity contribution in [2.75, 3.05) is 6.61 Å². The molecule has 2 aliphatic carbocycles. The number of amides is 2. The molecular weight excluding hydrogens is 408 g/mol. The SMILES string of the molecule is CCC(NC(=O)OCC1c2ccccc2-c2ccccc21)C(=O)NC1C=CC(C(=O)O)C1. The van der Waals surface area contributed by atoms with Gasteiger partial charge >= 0.3 is 12.1 Å².